The average molecular weight is 287 g/mol. The molecule has 0 spiro atoms. The van der Waals surface area contributed by atoms with Crippen LogP contribution in [0.2, 0.25) is 0 Å². The van der Waals surface area contributed by atoms with E-state index in [2.05, 4.69) is 43.3 Å². The molecule has 0 heterocycles. The number of rotatable bonds is 14. The highest BCUT2D eigenvalue weighted by molar-refractivity contribution is 4.68. The molecule has 0 rings (SSSR count). The molecule has 0 saturated carbocycles. The van der Waals surface area contributed by atoms with E-state index in [0.717, 1.165) is 19.5 Å². The van der Waals surface area contributed by atoms with E-state index in [0.29, 0.717) is 6.04 Å². The standard InChI is InChI=1S/C16H38N4/c1-19(2)14-8-10-16(11-9-15-20(3)4)18-13-7-5-6-12-17/h16,18H,5-15,17H2,1-4H3. The minimum atomic E-state index is 0.688. The summed E-state index contributed by atoms with van der Waals surface area (Å²) in [6.07, 6.45) is 8.84. The van der Waals surface area contributed by atoms with Crippen LogP contribution in [0.25, 0.3) is 0 Å². The largest absolute Gasteiger partial charge is 0.330 e. The molecule has 0 aromatic rings. The second-order valence-corrected chi connectivity index (χ2v) is 6.39. The van der Waals surface area contributed by atoms with Gasteiger partial charge in [-0.15, -0.1) is 0 Å². The first-order valence-electron chi connectivity index (χ1n) is 8.29. The predicted octanol–water partition coefficient (Wildman–Crippen LogP) is 1.76. The molecule has 122 valence electrons. The summed E-state index contributed by atoms with van der Waals surface area (Å²) in [6.45, 7) is 4.36. The van der Waals surface area contributed by atoms with Gasteiger partial charge in [-0.3, -0.25) is 0 Å². The Morgan fingerprint density at radius 2 is 1.35 bits per heavy atom. The van der Waals surface area contributed by atoms with E-state index in [1.54, 1.807) is 0 Å². The Morgan fingerprint density at radius 1 is 0.800 bits per heavy atom. The first-order valence-corrected chi connectivity index (χ1v) is 8.29. The quantitative estimate of drug-likeness (QED) is 0.478. The fourth-order valence-corrected chi connectivity index (χ4v) is 2.41. The van der Waals surface area contributed by atoms with Crippen molar-refractivity contribution >= 4 is 0 Å². The van der Waals surface area contributed by atoms with Crippen molar-refractivity contribution in [2.45, 2.75) is 51.0 Å². The van der Waals surface area contributed by atoms with Crippen molar-refractivity contribution in [2.24, 2.45) is 5.73 Å². The molecule has 0 saturated heterocycles. The van der Waals surface area contributed by atoms with Crippen LogP contribution >= 0.6 is 0 Å². The van der Waals surface area contributed by atoms with E-state index in [4.69, 9.17) is 5.73 Å². The number of hydrogen-bond donors (Lipinski definition) is 2. The van der Waals surface area contributed by atoms with Gasteiger partial charge in [0.25, 0.3) is 0 Å². The Balaban J connectivity index is 3.79. The van der Waals surface area contributed by atoms with Crippen LogP contribution in [-0.2, 0) is 0 Å². The van der Waals surface area contributed by atoms with Crippen LogP contribution in [0, 0.1) is 0 Å². The van der Waals surface area contributed by atoms with Gasteiger partial charge in [-0.25, -0.2) is 0 Å². The maximum Gasteiger partial charge on any atom is 0.00680 e. The fraction of sp³-hybridized carbons (Fsp3) is 1.00. The zero-order valence-electron chi connectivity index (χ0n) is 14.3. The van der Waals surface area contributed by atoms with Gasteiger partial charge in [-0.05, 0) is 92.9 Å². The molecule has 0 aliphatic carbocycles. The van der Waals surface area contributed by atoms with Gasteiger partial charge in [0.1, 0.15) is 0 Å². The molecule has 3 N–H and O–H groups in total. The first-order chi connectivity index (χ1) is 9.56. The lowest BCUT2D eigenvalue weighted by atomic mass is 10.0. The second kappa shape index (κ2) is 13.8. The molecule has 0 amide bonds. The van der Waals surface area contributed by atoms with E-state index >= 15 is 0 Å². The third-order valence-electron chi connectivity index (χ3n) is 3.63. The summed E-state index contributed by atoms with van der Waals surface area (Å²) >= 11 is 0. The normalized spacial score (nSPS) is 12.0. The van der Waals surface area contributed by atoms with Crippen LogP contribution in [0.15, 0.2) is 0 Å². The van der Waals surface area contributed by atoms with Gasteiger partial charge in [0.2, 0.25) is 0 Å². The monoisotopic (exact) mass is 286 g/mol. The van der Waals surface area contributed by atoms with Gasteiger partial charge in [-0.2, -0.15) is 0 Å². The molecular weight excluding hydrogens is 248 g/mol. The maximum atomic E-state index is 5.53. The highest BCUT2D eigenvalue weighted by Gasteiger charge is 2.08. The minimum Gasteiger partial charge on any atom is -0.330 e. The van der Waals surface area contributed by atoms with Gasteiger partial charge >= 0.3 is 0 Å². The van der Waals surface area contributed by atoms with Crippen LogP contribution in [0.5, 0.6) is 0 Å². The third-order valence-corrected chi connectivity index (χ3v) is 3.63. The van der Waals surface area contributed by atoms with Crippen molar-refractivity contribution in [3.63, 3.8) is 0 Å². The van der Waals surface area contributed by atoms with Crippen LogP contribution in [0.1, 0.15) is 44.9 Å². The molecule has 0 bridgehead atoms. The predicted molar refractivity (Wildman–Crippen MR) is 90.3 cm³/mol. The van der Waals surface area contributed by atoms with Gasteiger partial charge in [-0.1, -0.05) is 6.42 Å². The Labute approximate surface area is 127 Å². The zero-order valence-corrected chi connectivity index (χ0v) is 14.3. The molecule has 0 aliphatic heterocycles. The molecule has 0 atom stereocenters. The number of hydrogen-bond acceptors (Lipinski definition) is 4. The van der Waals surface area contributed by atoms with Crippen molar-refractivity contribution in [1.29, 1.82) is 0 Å². The van der Waals surface area contributed by atoms with Crippen molar-refractivity contribution < 1.29 is 0 Å². The SMILES string of the molecule is CN(C)CCCC(CCCN(C)C)NCCCCCN. The fourth-order valence-electron chi connectivity index (χ4n) is 2.41. The summed E-state index contributed by atoms with van der Waals surface area (Å²) in [4.78, 5) is 4.55. The number of nitrogens with zero attached hydrogens (tertiary/aromatic N) is 2. The molecule has 0 radical (unpaired) electrons. The van der Waals surface area contributed by atoms with E-state index < -0.39 is 0 Å². The molecule has 0 aromatic carbocycles. The summed E-state index contributed by atoms with van der Waals surface area (Å²) < 4.78 is 0. The van der Waals surface area contributed by atoms with E-state index in [-0.39, 0.29) is 0 Å². The van der Waals surface area contributed by atoms with E-state index in [1.807, 2.05) is 0 Å². The van der Waals surface area contributed by atoms with Crippen LogP contribution in [0.3, 0.4) is 0 Å². The average Bonchev–Trinajstić information content (AvgIpc) is 2.37. The van der Waals surface area contributed by atoms with Crippen molar-refractivity contribution in [1.82, 2.24) is 15.1 Å². The lowest BCUT2D eigenvalue weighted by Gasteiger charge is -2.21. The van der Waals surface area contributed by atoms with Gasteiger partial charge in [0.15, 0.2) is 0 Å². The lowest BCUT2D eigenvalue weighted by Crippen LogP contribution is -2.32. The van der Waals surface area contributed by atoms with Gasteiger partial charge in [0, 0.05) is 6.04 Å². The summed E-state index contributed by atoms with van der Waals surface area (Å²) in [5, 5.41) is 3.75. The van der Waals surface area contributed by atoms with Crippen molar-refractivity contribution in [3.05, 3.63) is 0 Å². The smallest absolute Gasteiger partial charge is 0.00680 e. The molecule has 0 aliphatic rings. The Bertz CT molecular complexity index is 181. The summed E-state index contributed by atoms with van der Waals surface area (Å²) in [5.74, 6) is 0. The lowest BCUT2D eigenvalue weighted by molar-refractivity contribution is 0.339. The van der Waals surface area contributed by atoms with Gasteiger partial charge < -0.3 is 20.9 Å². The van der Waals surface area contributed by atoms with E-state index in [1.165, 1.54) is 51.6 Å². The molecule has 4 nitrogen and oxygen atoms in total. The topological polar surface area (TPSA) is 44.5 Å². The molecule has 0 unspecified atom stereocenters. The molecule has 0 fully saturated rings. The number of unbranched alkanes of at least 4 members (excludes halogenated alkanes) is 2. The first kappa shape index (κ1) is 19.8. The Hall–Kier alpha value is -0.160. The molecule has 0 aromatic heterocycles. The van der Waals surface area contributed by atoms with E-state index in [9.17, 15) is 0 Å². The third kappa shape index (κ3) is 14.3. The van der Waals surface area contributed by atoms with Crippen LogP contribution < -0.4 is 11.1 Å². The Morgan fingerprint density at radius 3 is 1.80 bits per heavy atom. The zero-order chi connectivity index (χ0) is 15.2. The van der Waals surface area contributed by atoms with Crippen LogP contribution in [0.4, 0.5) is 0 Å². The van der Waals surface area contributed by atoms with Crippen molar-refractivity contribution in [3.8, 4) is 0 Å². The van der Waals surface area contributed by atoms with Crippen LogP contribution in [-0.4, -0.2) is 70.2 Å². The molecular formula is C16H38N4. The number of nitrogens with two attached hydrogens (primary N) is 1. The second-order valence-electron chi connectivity index (χ2n) is 6.39. The highest BCUT2D eigenvalue weighted by atomic mass is 15.1. The Kier molecular flexibility index (Phi) is 13.7. The summed E-state index contributed by atoms with van der Waals surface area (Å²) in [6, 6.07) is 0.688. The van der Waals surface area contributed by atoms with Gasteiger partial charge in [0.05, 0.1) is 0 Å². The maximum absolute atomic E-state index is 5.53. The number of nitrogens with one attached hydrogen (secondary N) is 1. The highest BCUT2D eigenvalue weighted by Crippen LogP contribution is 2.07. The summed E-state index contributed by atoms with van der Waals surface area (Å²) in [7, 11) is 8.62. The van der Waals surface area contributed by atoms with Crippen molar-refractivity contribution in [2.75, 3.05) is 54.4 Å². The summed E-state index contributed by atoms with van der Waals surface area (Å²) in [5.41, 5.74) is 5.53. The molecule has 4 heteroatoms. The minimum absolute atomic E-state index is 0.688. The molecule has 20 heavy (non-hydrogen) atoms.